The molecule has 34 heavy (non-hydrogen) atoms. The number of aromatic nitrogens is 2. The lowest BCUT2D eigenvalue weighted by atomic mass is 9.98. The molecule has 10 nitrogen and oxygen atoms in total. The van der Waals surface area contributed by atoms with Gasteiger partial charge in [-0.25, -0.2) is 8.42 Å². The van der Waals surface area contributed by atoms with Crippen LogP contribution >= 0.6 is 0 Å². The van der Waals surface area contributed by atoms with E-state index in [-0.39, 0.29) is 30.5 Å². The Kier molecular flexibility index (Phi) is 7.13. The van der Waals surface area contributed by atoms with Crippen LogP contribution in [0, 0.1) is 5.92 Å². The quantitative estimate of drug-likeness (QED) is 0.442. The van der Waals surface area contributed by atoms with Crippen molar-refractivity contribution in [3.8, 4) is 22.9 Å². The molecule has 1 aromatic heterocycles. The predicted molar refractivity (Wildman–Crippen MR) is 121 cm³/mol. The topological polar surface area (TPSA) is 121 Å². The minimum Gasteiger partial charge on any atom is -0.497 e. The van der Waals surface area contributed by atoms with E-state index in [0.717, 1.165) is 0 Å². The second kappa shape index (κ2) is 10.2. The number of rotatable bonds is 8. The van der Waals surface area contributed by atoms with Crippen LogP contribution in [0.15, 0.2) is 57.9 Å². The second-order valence-corrected chi connectivity index (χ2v) is 9.61. The van der Waals surface area contributed by atoms with Gasteiger partial charge in [0.25, 0.3) is 5.89 Å². The third kappa shape index (κ3) is 5.05. The molecule has 3 aromatic rings. The molecule has 2 heterocycles. The molecule has 4 rings (SSSR count). The largest absolute Gasteiger partial charge is 0.497 e. The van der Waals surface area contributed by atoms with Crippen molar-refractivity contribution in [3.05, 3.63) is 54.4 Å². The van der Waals surface area contributed by atoms with Crippen LogP contribution in [0.3, 0.4) is 0 Å². The zero-order chi connectivity index (χ0) is 24.1. The highest BCUT2D eigenvalue weighted by molar-refractivity contribution is 7.89. The summed E-state index contributed by atoms with van der Waals surface area (Å²) in [6, 6.07) is 13.5. The maximum Gasteiger partial charge on any atom is 0.309 e. The van der Waals surface area contributed by atoms with Gasteiger partial charge >= 0.3 is 5.97 Å². The Labute approximate surface area is 197 Å². The van der Waals surface area contributed by atoms with E-state index in [0.29, 0.717) is 35.7 Å². The van der Waals surface area contributed by atoms with E-state index in [1.165, 1.54) is 11.4 Å². The molecule has 2 aromatic carbocycles. The van der Waals surface area contributed by atoms with E-state index in [1.807, 2.05) is 0 Å². The lowest BCUT2D eigenvalue weighted by Gasteiger charge is -2.30. The van der Waals surface area contributed by atoms with E-state index in [1.54, 1.807) is 55.6 Å². The molecule has 0 amide bonds. The zero-order valence-corrected chi connectivity index (χ0v) is 19.7. The molecule has 1 aliphatic heterocycles. The molecular formula is C23H25N3O7S. The molecule has 1 fully saturated rings. The van der Waals surface area contributed by atoms with Gasteiger partial charge in [0.05, 0.1) is 30.6 Å². The number of ether oxygens (including phenoxy) is 3. The molecule has 0 unspecified atom stereocenters. The van der Waals surface area contributed by atoms with Crippen LogP contribution in [0.5, 0.6) is 11.5 Å². The summed E-state index contributed by atoms with van der Waals surface area (Å²) < 4.78 is 48.0. The number of hydrogen-bond donors (Lipinski definition) is 0. The first-order valence-corrected chi connectivity index (χ1v) is 12.1. The number of esters is 1. The SMILES string of the molecule is COc1ccc(-c2noc(COC(=O)C3CCN(S(=O)(=O)c4ccccc4)CC3)n2)c(OC)c1. The lowest BCUT2D eigenvalue weighted by Crippen LogP contribution is -2.40. The molecule has 11 heteroatoms. The third-order valence-electron chi connectivity index (χ3n) is 5.62. The molecule has 0 aliphatic carbocycles. The highest BCUT2D eigenvalue weighted by atomic mass is 32.2. The Morgan fingerprint density at radius 2 is 1.82 bits per heavy atom. The van der Waals surface area contributed by atoms with Gasteiger partial charge in [-0.15, -0.1) is 0 Å². The summed E-state index contributed by atoms with van der Waals surface area (Å²) >= 11 is 0. The number of methoxy groups -OCH3 is 2. The summed E-state index contributed by atoms with van der Waals surface area (Å²) in [4.78, 5) is 17.1. The van der Waals surface area contributed by atoms with E-state index in [2.05, 4.69) is 10.1 Å². The van der Waals surface area contributed by atoms with Crippen molar-refractivity contribution in [2.45, 2.75) is 24.3 Å². The van der Waals surface area contributed by atoms with Crippen molar-refractivity contribution in [2.24, 2.45) is 5.92 Å². The van der Waals surface area contributed by atoms with Gasteiger partial charge in [-0.05, 0) is 37.1 Å². The molecule has 0 saturated carbocycles. The second-order valence-electron chi connectivity index (χ2n) is 7.68. The number of hydrogen-bond acceptors (Lipinski definition) is 9. The molecule has 0 bridgehead atoms. The lowest BCUT2D eigenvalue weighted by molar-refractivity contribution is -0.152. The summed E-state index contributed by atoms with van der Waals surface area (Å²) in [7, 11) is -0.488. The molecule has 1 saturated heterocycles. The van der Waals surface area contributed by atoms with Crippen LogP contribution in [0.25, 0.3) is 11.4 Å². The Balaban J connectivity index is 1.32. The predicted octanol–water partition coefficient (Wildman–Crippen LogP) is 2.90. The fourth-order valence-electron chi connectivity index (χ4n) is 3.73. The molecule has 180 valence electrons. The number of piperidine rings is 1. The van der Waals surface area contributed by atoms with Gasteiger partial charge in [0.2, 0.25) is 15.8 Å². The number of carbonyl (C=O) groups excluding carboxylic acids is 1. The van der Waals surface area contributed by atoms with Gasteiger partial charge in [0, 0.05) is 19.2 Å². The Bertz CT molecular complexity index is 1240. The Hall–Kier alpha value is -3.44. The fourth-order valence-corrected chi connectivity index (χ4v) is 5.22. The molecule has 0 spiro atoms. The third-order valence-corrected chi connectivity index (χ3v) is 7.54. The van der Waals surface area contributed by atoms with Gasteiger partial charge in [0.15, 0.2) is 6.61 Å². The maximum absolute atomic E-state index is 12.7. The van der Waals surface area contributed by atoms with Crippen molar-refractivity contribution in [2.75, 3.05) is 27.3 Å². The molecule has 0 atom stereocenters. The summed E-state index contributed by atoms with van der Waals surface area (Å²) in [5.41, 5.74) is 0.608. The van der Waals surface area contributed by atoms with Gasteiger partial charge in [-0.2, -0.15) is 9.29 Å². The molecular weight excluding hydrogens is 462 g/mol. The number of carbonyl (C=O) groups is 1. The van der Waals surface area contributed by atoms with Gasteiger partial charge in [-0.1, -0.05) is 23.4 Å². The first-order valence-electron chi connectivity index (χ1n) is 10.7. The summed E-state index contributed by atoms with van der Waals surface area (Å²) in [5.74, 6) is 0.766. The van der Waals surface area contributed by atoms with Crippen LogP contribution in [0.4, 0.5) is 0 Å². The van der Waals surface area contributed by atoms with Crippen LogP contribution in [-0.2, 0) is 26.2 Å². The van der Waals surface area contributed by atoms with Gasteiger partial charge in [0.1, 0.15) is 11.5 Å². The van der Waals surface area contributed by atoms with Crippen molar-refractivity contribution in [3.63, 3.8) is 0 Å². The van der Waals surface area contributed by atoms with Crippen molar-refractivity contribution >= 4 is 16.0 Å². The van der Waals surface area contributed by atoms with Crippen molar-refractivity contribution in [1.29, 1.82) is 0 Å². The average molecular weight is 488 g/mol. The first-order chi connectivity index (χ1) is 16.4. The van der Waals surface area contributed by atoms with E-state index < -0.39 is 21.9 Å². The molecule has 0 N–H and O–H groups in total. The van der Waals surface area contributed by atoms with E-state index in [4.69, 9.17) is 18.7 Å². The van der Waals surface area contributed by atoms with E-state index in [9.17, 15) is 13.2 Å². The Morgan fingerprint density at radius 1 is 1.09 bits per heavy atom. The number of sulfonamides is 1. The smallest absolute Gasteiger partial charge is 0.309 e. The summed E-state index contributed by atoms with van der Waals surface area (Å²) in [6.07, 6.45) is 0.756. The maximum atomic E-state index is 12.7. The highest BCUT2D eigenvalue weighted by Crippen LogP contribution is 2.31. The number of nitrogens with zero attached hydrogens (tertiary/aromatic N) is 3. The Morgan fingerprint density at radius 3 is 2.50 bits per heavy atom. The summed E-state index contributed by atoms with van der Waals surface area (Å²) in [5, 5.41) is 3.94. The minimum absolute atomic E-state index is 0.144. The van der Waals surface area contributed by atoms with Gasteiger partial charge < -0.3 is 18.7 Å². The standard InChI is InChI=1S/C23H25N3O7S/c1-30-17-8-9-19(20(14-17)31-2)22-24-21(33-25-22)15-32-23(27)16-10-12-26(13-11-16)34(28,29)18-6-4-3-5-7-18/h3-9,14,16H,10-13,15H2,1-2H3. The highest BCUT2D eigenvalue weighted by Gasteiger charge is 2.33. The average Bonchev–Trinajstić information content (AvgIpc) is 3.36. The number of benzene rings is 2. The van der Waals surface area contributed by atoms with Gasteiger partial charge in [-0.3, -0.25) is 4.79 Å². The van der Waals surface area contributed by atoms with Crippen molar-refractivity contribution in [1.82, 2.24) is 14.4 Å². The monoisotopic (exact) mass is 487 g/mol. The van der Waals surface area contributed by atoms with Crippen LogP contribution < -0.4 is 9.47 Å². The normalized spacial score (nSPS) is 15.1. The zero-order valence-electron chi connectivity index (χ0n) is 18.8. The van der Waals surface area contributed by atoms with Crippen LogP contribution in [-0.4, -0.2) is 56.1 Å². The summed E-state index contributed by atoms with van der Waals surface area (Å²) in [6.45, 7) is 0.324. The molecule has 0 radical (unpaired) electrons. The fraction of sp³-hybridized carbons (Fsp3) is 0.348. The van der Waals surface area contributed by atoms with Crippen LogP contribution in [0.2, 0.25) is 0 Å². The van der Waals surface area contributed by atoms with E-state index >= 15 is 0 Å². The van der Waals surface area contributed by atoms with Crippen LogP contribution in [0.1, 0.15) is 18.7 Å². The van der Waals surface area contributed by atoms with Crippen molar-refractivity contribution < 1.29 is 31.9 Å². The molecule has 1 aliphatic rings. The minimum atomic E-state index is -3.57. The first kappa shape index (κ1) is 23.7.